The number of benzene rings is 2. The molecule has 3 aromatic rings. The molecule has 178 valence electrons. The van der Waals surface area contributed by atoms with Crippen LogP contribution in [0.5, 0.6) is 0 Å². The van der Waals surface area contributed by atoms with Gasteiger partial charge in [0.2, 0.25) is 0 Å². The van der Waals surface area contributed by atoms with Crippen LogP contribution in [0.4, 0.5) is 0 Å². The second-order valence-electron chi connectivity index (χ2n) is 8.80. The van der Waals surface area contributed by atoms with Gasteiger partial charge in [-0.15, -0.1) is 0 Å². The molecule has 1 N–H and O–H groups in total. The summed E-state index contributed by atoms with van der Waals surface area (Å²) in [6.45, 7) is 1.94. The van der Waals surface area contributed by atoms with E-state index in [0.717, 1.165) is 11.3 Å². The van der Waals surface area contributed by atoms with Gasteiger partial charge in [-0.1, -0.05) is 41.9 Å². The Balaban J connectivity index is 1.56. The summed E-state index contributed by atoms with van der Waals surface area (Å²) >= 11 is 6.14. The quantitative estimate of drug-likeness (QED) is 0.496. The highest BCUT2D eigenvalue weighted by atomic mass is 35.5. The van der Waals surface area contributed by atoms with Gasteiger partial charge in [0.1, 0.15) is 5.58 Å². The lowest BCUT2D eigenvalue weighted by Gasteiger charge is -2.33. The molecule has 1 aromatic heterocycles. The summed E-state index contributed by atoms with van der Waals surface area (Å²) in [6.07, 6.45) is 3.64. The monoisotopic (exact) mass is 489 g/mol. The van der Waals surface area contributed by atoms with Crippen LogP contribution in [-0.4, -0.2) is 18.4 Å². The maximum atomic E-state index is 13.6. The molecule has 1 atom stereocenters. The van der Waals surface area contributed by atoms with E-state index in [0.29, 0.717) is 52.9 Å². The van der Waals surface area contributed by atoms with E-state index in [-0.39, 0.29) is 29.0 Å². The van der Waals surface area contributed by atoms with Crippen LogP contribution in [0.1, 0.15) is 43.2 Å². The molecule has 0 radical (unpaired) electrons. The summed E-state index contributed by atoms with van der Waals surface area (Å²) in [5.41, 5.74) is 3.32. The molecule has 0 saturated heterocycles. The summed E-state index contributed by atoms with van der Waals surface area (Å²) in [6, 6.07) is 14.5. The van der Waals surface area contributed by atoms with Crippen molar-refractivity contribution in [3.05, 3.63) is 104 Å². The van der Waals surface area contributed by atoms with Crippen LogP contribution in [-0.2, 0) is 20.7 Å². The number of carbonyl (C=O) groups excluding carboxylic acids is 2. The van der Waals surface area contributed by atoms with E-state index < -0.39 is 11.9 Å². The number of dihydropyridines is 1. The Morgan fingerprint density at radius 1 is 1.14 bits per heavy atom. The Kier molecular flexibility index (Phi) is 6.31. The average molecular weight is 490 g/mol. The molecule has 1 unspecified atom stereocenters. The fraction of sp³-hybridized carbons (Fsp3) is 0.250. The van der Waals surface area contributed by atoms with Crippen molar-refractivity contribution in [2.24, 2.45) is 0 Å². The van der Waals surface area contributed by atoms with Crippen molar-refractivity contribution in [2.75, 3.05) is 6.61 Å². The van der Waals surface area contributed by atoms with Crippen molar-refractivity contribution in [2.45, 2.75) is 38.5 Å². The summed E-state index contributed by atoms with van der Waals surface area (Å²) < 4.78 is 11.4. The number of hydrogen-bond acceptors (Lipinski definition) is 6. The Morgan fingerprint density at radius 2 is 1.94 bits per heavy atom. The molecule has 5 rings (SSSR count). The van der Waals surface area contributed by atoms with Gasteiger partial charge in [-0.05, 0) is 43.5 Å². The molecule has 7 heteroatoms. The number of Topliss-reactive ketones (excluding diaryl/α,β-unsaturated/α-hetero) is 1. The second-order valence-corrected chi connectivity index (χ2v) is 9.23. The van der Waals surface area contributed by atoms with Crippen LogP contribution in [0.15, 0.2) is 86.5 Å². The molecular weight excluding hydrogens is 466 g/mol. The van der Waals surface area contributed by atoms with Crippen LogP contribution in [0.3, 0.4) is 0 Å². The minimum atomic E-state index is -0.872. The van der Waals surface area contributed by atoms with E-state index in [2.05, 4.69) is 5.32 Å². The first kappa shape index (κ1) is 23.1. The maximum absolute atomic E-state index is 13.6. The first-order valence-electron chi connectivity index (χ1n) is 11.6. The number of rotatable bonds is 5. The van der Waals surface area contributed by atoms with Crippen LogP contribution < -0.4 is 10.7 Å². The molecule has 2 aliphatic rings. The van der Waals surface area contributed by atoms with Crippen molar-refractivity contribution in [3.8, 4) is 0 Å². The van der Waals surface area contributed by atoms with Crippen molar-refractivity contribution >= 4 is 34.3 Å². The van der Waals surface area contributed by atoms with Gasteiger partial charge in [0.15, 0.2) is 11.2 Å². The van der Waals surface area contributed by atoms with Crippen molar-refractivity contribution in [3.63, 3.8) is 0 Å². The number of halogens is 1. The number of ether oxygens (including phenoxy) is 1. The lowest BCUT2D eigenvalue weighted by molar-refractivity contribution is -0.139. The van der Waals surface area contributed by atoms with Gasteiger partial charge in [0.05, 0.1) is 29.7 Å². The highest BCUT2D eigenvalue weighted by Crippen LogP contribution is 2.42. The van der Waals surface area contributed by atoms with Gasteiger partial charge >= 0.3 is 5.97 Å². The maximum Gasteiger partial charge on any atom is 0.336 e. The predicted octanol–water partition coefficient (Wildman–Crippen LogP) is 5.20. The third kappa shape index (κ3) is 4.42. The van der Waals surface area contributed by atoms with Gasteiger partial charge in [0.25, 0.3) is 0 Å². The Morgan fingerprint density at radius 3 is 2.74 bits per heavy atom. The van der Waals surface area contributed by atoms with Crippen LogP contribution in [0.2, 0.25) is 5.02 Å². The zero-order chi connectivity index (χ0) is 24.5. The molecule has 1 aliphatic heterocycles. The molecule has 0 amide bonds. The van der Waals surface area contributed by atoms with Crippen LogP contribution in [0, 0.1) is 0 Å². The number of esters is 1. The van der Waals surface area contributed by atoms with Crippen LogP contribution >= 0.6 is 11.6 Å². The minimum Gasteiger partial charge on any atom is -0.464 e. The van der Waals surface area contributed by atoms with E-state index in [9.17, 15) is 14.4 Å². The largest absolute Gasteiger partial charge is 0.464 e. The van der Waals surface area contributed by atoms with Crippen LogP contribution in [0.25, 0.3) is 11.0 Å². The molecule has 1 aliphatic carbocycles. The number of hydrogen-bond donors (Lipinski definition) is 1. The summed E-state index contributed by atoms with van der Waals surface area (Å²) in [5, 5.41) is 3.93. The number of ketones is 1. The summed E-state index contributed by atoms with van der Waals surface area (Å²) in [5.74, 6) is -1.52. The first-order valence-corrected chi connectivity index (χ1v) is 12.0. The predicted molar refractivity (Wildman–Crippen MR) is 133 cm³/mol. The van der Waals surface area contributed by atoms with Gasteiger partial charge in [-0.25, -0.2) is 4.79 Å². The highest BCUT2D eigenvalue weighted by Gasteiger charge is 2.40. The highest BCUT2D eigenvalue weighted by molar-refractivity contribution is 6.31. The fourth-order valence-corrected chi connectivity index (χ4v) is 5.04. The topological polar surface area (TPSA) is 85.6 Å². The molecule has 0 spiro atoms. The zero-order valence-corrected chi connectivity index (χ0v) is 20.0. The molecule has 35 heavy (non-hydrogen) atoms. The Labute approximate surface area is 207 Å². The molecule has 0 saturated carbocycles. The van der Waals surface area contributed by atoms with E-state index in [1.165, 1.54) is 6.26 Å². The number of carbonyl (C=O) groups is 2. The molecular formula is C28H24ClNO5. The smallest absolute Gasteiger partial charge is 0.336 e. The summed E-state index contributed by atoms with van der Waals surface area (Å²) in [4.78, 5) is 40.1. The van der Waals surface area contributed by atoms with Gasteiger partial charge in [0, 0.05) is 40.4 Å². The zero-order valence-electron chi connectivity index (χ0n) is 19.2. The Hall–Kier alpha value is -3.64. The van der Waals surface area contributed by atoms with Gasteiger partial charge in [-0.3, -0.25) is 9.59 Å². The second kappa shape index (κ2) is 9.55. The SMILES string of the molecule is CC1=C(C(=O)OCCc2ccccc2)C(c2coc3ccc(Cl)cc3c2=O)C2=C(CCCC2=O)N1. The number of allylic oxidation sites excluding steroid dienone is 3. The van der Waals surface area contributed by atoms with Crippen molar-refractivity contribution in [1.82, 2.24) is 5.32 Å². The molecule has 0 fully saturated rings. The first-order chi connectivity index (χ1) is 16.9. The van der Waals surface area contributed by atoms with Crippen molar-refractivity contribution in [1.29, 1.82) is 0 Å². The molecule has 0 bridgehead atoms. The van der Waals surface area contributed by atoms with E-state index in [1.807, 2.05) is 30.3 Å². The minimum absolute atomic E-state index is 0.0866. The lowest BCUT2D eigenvalue weighted by atomic mass is 9.75. The van der Waals surface area contributed by atoms with Gasteiger partial charge in [-0.2, -0.15) is 0 Å². The normalized spacial score (nSPS) is 17.9. The molecule has 2 heterocycles. The van der Waals surface area contributed by atoms with E-state index in [1.54, 1.807) is 25.1 Å². The molecule has 6 nitrogen and oxygen atoms in total. The average Bonchev–Trinajstić information content (AvgIpc) is 2.85. The third-order valence-corrected chi connectivity index (χ3v) is 6.77. The third-order valence-electron chi connectivity index (χ3n) is 6.53. The van der Waals surface area contributed by atoms with E-state index >= 15 is 0 Å². The van der Waals surface area contributed by atoms with Gasteiger partial charge < -0.3 is 14.5 Å². The molecule has 2 aromatic carbocycles. The van der Waals surface area contributed by atoms with E-state index in [4.69, 9.17) is 20.8 Å². The summed E-state index contributed by atoms with van der Waals surface area (Å²) in [7, 11) is 0. The van der Waals surface area contributed by atoms with Crippen molar-refractivity contribution < 1.29 is 18.7 Å². The standard InChI is InChI=1S/C28H24ClNO5/c1-16-24(28(33)34-13-12-17-6-3-2-4-7-17)25(26-21(30-16)8-5-9-22(26)31)20-15-35-23-11-10-18(29)14-19(23)27(20)32/h2-4,6-7,10-11,14-15,25,30H,5,8-9,12-13H2,1H3. The number of fused-ring (bicyclic) bond motifs is 1. The fourth-order valence-electron chi connectivity index (χ4n) is 4.87. The number of nitrogens with one attached hydrogen (secondary N) is 1. The lowest BCUT2D eigenvalue weighted by Crippen LogP contribution is -2.36. The Bertz CT molecular complexity index is 1450.